The first-order chi connectivity index (χ1) is 10.2. The van der Waals surface area contributed by atoms with Gasteiger partial charge in [0, 0.05) is 22.3 Å². The maximum atomic E-state index is 6.22. The third-order valence-corrected chi connectivity index (χ3v) is 4.92. The van der Waals surface area contributed by atoms with E-state index in [2.05, 4.69) is 17.6 Å². The normalized spacial score (nSPS) is 11.2. The monoisotopic (exact) mass is 336 g/mol. The molecule has 108 valence electrons. The van der Waals surface area contributed by atoms with Crippen LogP contribution in [0.4, 0.5) is 0 Å². The Hall–Kier alpha value is -1.16. The summed E-state index contributed by atoms with van der Waals surface area (Å²) in [6.07, 6.45) is 0. The third kappa shape index (κ3) is 3.05. The van der Waals surface area contributed by atoms with E-state index in [1.54, 1.807) is 17.8 Å². The molecule has 0 fully saturated rings. The van der Waals surface area contributed by atoms with E-state index in [0.29, 0.717) is 10.0 Å². The average Bonchev–Trinajstić information content (AvgIpc) is 2.83. The molecule has 5 heteroatoms. The van der Waals surface area contributed by atoms with Crippen molar-refractivity contribution in [1.82, 2.24) is 9.55 Å². The fourth-order valence-corrected chi connectivity index (χ4v) is 3.89. The Kier molecular flexibility index (Phi) is 4.43. The summed E-state index contributed by atoms with van der Waals surface area (Å²) in [7, 11) is 0. The van der Waals surface area contributed by atoms with Crippen molar-refractivity contribution < 1.29 is 0 Å². The highest BCUT2D eigenvalue weighted by molar-refractivity contribution is 7.98. The topological polar surface area (TPSA) is 17.8 Å². The zero-order chi connectivity index (χ0) is 14.8. The van der Waals surface area contributed by atoms with Gasteiger partial charge in [0.2, 0.25) is 0 Å². The lowest BCUT2D eigenvalue weighted by atomic mass is 10.2. The molecule has 0 aliphatic carbocycles. The van der Waals surface area contributed by atoms with E-state index in [9.17, 15) is 0 Å². The zero-order valence-corrected chi connectivity index (χ0v) is 13.8. The summed E-state index contributed by atoms with van der Waals surface area (Å²) in [5.41, 5.74) is 3.27. The lowest BCUT2D eigenvalue weighted by molar-refractivity contribution is 0.702. The Balaban J connectivity index is 1.88. The average molecular weight is 337 g/mol. The number of hydrogen-bond donors (Lipinski definition) is 0. The molecule has 0 saturated carbocycles. The Bertz CT molecular complexity index is 783. The van der Waals surface area contributed by atoms with E-state index in [1.165, 1.54) is 5.52 Å². The van der Waals surface area contributed by atoms with Gasteiger partial charge in [0.1, 0.15) is 0 Å². The highest BCUT2D eigenvalue weighted by Crippen LogP contribution is 2.30. The number of halogens is 2. The number of hydrogen-bond acceptors (Lipinski definition) is 2. The number of para-hydroxylation sites is 2. The first kappa shape index (κ1) is 14.8. The predicted octanol–water partition coefficient (Wildman–Crippen LogP) is 5.66. The number of benzene rings is 2. The highest BCUT2D eigenvalue weighted by Gasteiger charge is 2.10. The molecule has 2 aromatic carbocycles. The highest BCUT2D eigenvalue weighted by atomic mass is 35.5. The van der Waals surface area contributed by atoms with Crippen LogP contribution in [0.2, 0.25) is 10.0 Å². The molecule has 21 heavy (non-hydrogen) atoms. The Morgan fingerprint density at radius 2 is 1.95 bits per heavy atom. The van der Waals surface area contributed by atoms with Gasteiger partial charge >= 0.3 is 0 Å². The lowest BCUT2D eigenvalue weighted by Crippen LogP contribution is -1.96. The molecular formula is C16H14Cl2N2S. The standard InChI is InChI=1S/C16H14Cl2N2S/c1-2-20-15-6-4-3-5-14(15)19-16(20)21-10-11-7-8-12(17)9-13(11)18/h3-9H,2,10H2,1H3. The Morgan fingerprint density at radius 1 is 1.14 bits per heavy atom. The van der Waals surface area contributed by atoms with Gasteiger partial charge in [0.15, 0.2) is 5.16 Å². The molecule has 1 heterocycles. The van der Waals surface area contributed by atoms with Crippen molar-refractivity contribution in [3.63, 3.8) is 0 Å². The molecule has 3 rings (SSSR count). The first-order valence-corrected chi connectivity index (χ1v) is 8.45. The SMILES string of the molecule is CCn1c(SCc2ccc(Cl)cc2Cl)nc2ccccc21. The number of fused-ring (bicyclic) bond motifs is 1. The van der Waals surface area contributed by atoms with Crippen molar-refractivity contribution in [2.75, 3.05) is 0 Å². The number of rotatable bonds is 4. The number of imidazole rings is 1. The van der Waals surface area contributed by atoms with E-state index in [4.69, 9.17) is 28.2 Å². The van der Waals surface area contributed by atoms with Crippen LogP contribution >= 0.6 is 35.0 Å². The van der Waals surface area contributed by atoms with Gasteiger partial charge in [0.25, 0.3) is 0 Å². The number of aryl methyl sites for hydroxylation is 1. The smallest absolute Gasteiger partial charge is 0.169 e. The summed E-state index contributed by atoms with van der Waals surface area (Å²) in [5, 5.41) is 2.38. The molecule has 0 radical (unpaired) electrons. The van der Waals surface area contributed by atoms with Crippen LogP contribution in [-0.4, -0.2) is 9.55 Å². The predicted molar refractivity (Wildman–Crippen MR) is 91.4 cm³/mol. The number of nitrogens with zero attached hydrogens (tertiary/aromatic N) is 2. The molecule has 0 aliphatic heterocycles. The largest absolute Gasteiger partial charge is 0.319 e. The van der Waals surface area contributed by atoms with Crippen LogP contribution in [0.1, 0.15) is 12.5 Å². The molecule has 2 nitrogen and oxygen atoms in total. The molecule has 0 N–H and O–H groups in total. The van der Waals surface area contributed by atoms with Crippen molar-refractivity contribution in [2.45, 2.75) is 24.4 Å². The second kappa shape index (κ2) is 6.30. The fraction of sp³-hybridized carbons (Fsp3) is 0.188. The van der Waals surface area contributed by atoms with Gasteiger partial charge in [-0.15, -0.1) is 0 Å². The minimum atomic E-state index is 0.662. The number of thioether (sulfide) groups is 1. The van der Waals surface area contributed by atoms with E-state index in [0.717, 1.165) is 28.5 Å². The molecule has 3 aromatic rings. The van der Waals surface area contributed by atoms with E-state index in [-0.39, 0.29) is 0 Å². The van der Waals surface area contributed by atoms with Crippen LogP contribution in [0.25, 0.3) is 11.0 Å². The molecule has 0 spiro atoms. The molecule has 0 amide bonds. The quantitative estimate of drug-likeness (QED) is 0.572. The van der Waals surface area contributed by atoms with Crippen molar-refractivity contribution in [3.05, 3.63) is 58.1 Å². The summed E-state index contributed by atoms with van der Waals surface area (Å²) in [6, 6.07) is 13.8. The van der Waals surface area contributed by atoms with Crippen molar-refractivity contribution in [3.8, 4) is 0 Å². The molecule has 1 aromatic heterocycles. The first-order valence-electron chi connectivity index (χ1n) is 6.71. The number of aromatic nitrogens is 2. The van der Waals surface area contributed by atoms with Crippen LogP contribution in [0, 0.1) is 0 Å². The molecule has 0 atom stereocenters. The molecule has 0 unspecified atom stereocenters. The van der Waals surface area contributed by atoms with Gasteiger partial charge in [-0.25, -0.2) is 4.98 Å². The van der Waals surface area contributed by atoms with Gasteiger partial charge < -0.3 is 4.57 Å². The third-order valence-electron chi connectivity index (χ3n) is 3.31. The molecular weight excluding hydrogens is 323 g/mol. The fourth-order valence-electron chi connectivity index (χ4n) is 2.25. The van der Waals surface area contributed by atoms with Gasteiger partial charge in [-0.05, 0) is 36.8 Å². The van der Waals surface area contributed by atoms with Crippen LogP contribution in [-0.2, 0) is 12.3 Å². The summed E-state index contributed by atoms with van der Waals surface area (Å²) in [5.74, 6) is 0.777. The van der Waals surface area contributed by atoms with Gasteiger partial charge in [0.05, 0.1) is 11.0 Å². The summed E-state index contributed by atoms with van der Waals surface area (Å²) in [4.78, 5) is 4.70. The minimum absolute atomic E-state index is 0.662. The van der Waals surface area contributed by atoms with Crippen molar-refractivity contribution >= 4 is 46.0 Å². The second-order valence-corrected chi connectivity index (χ2v) is 6.44. The van der Waals surface area contributed by atoms with E-state index < -0.39 is 0 Å². The van der Waals surface area contributed by atoms with Gasteiger partial charge in [-0.3, -0.25) is 0 Å². The maximum absolute atomic E-state index is 6.22. The van der Waals surface area contributed by atoms with Crippen molar-refractivity contribution in [1.29, 1.82) is 0 Å². The second-order valence-electron chi connectivity index (χ2n) is 4.65. The Labute approximate surface area is 138 Å². The Morgan fingerprint density at radius 3 is 2.71 bits per heavy atom. The van der Waals surface area contributed by atoms with Crippen LogP contribution < -0.4 is 0 Å². The van der Waals surface area contributed by atoms with Gasteiger partial charge in [-0.1, -0.05) is 53.2 Å². The minimum Gasteiger partial charge on any atom is -0.319 e. The summed E-state index contributed by atoms with van der Waals surface area (Å²) in [6.45, 7) is 3.03. The molecule has 0 saturated heterocycles. The van der Waals surface area contributed by atoms with E-state index in [1.807, 2.05) is 30.3 Å². The van der Waals surface area contributed by atoms with E-state index >= 15 is 0 Å². The van der Waals surface area contributed by atoms with Gasteiger partial charge in [-0.2, -0.15) is 0 Å². The van der Waals surface area contributed by atoms with Crippen LogP contribution in [0.3, 0.4) is 0 Å². The molecule has 0 bridgehead atoms. The lowest BCUT2D eigenvalue weighted by Gasteiger charge is -2.07. The molecule has 0 aliphatic rings. The maximum Gasteiger partial charge on any atom is 0.169 e. The van der Waals surface area contributed by atoms with Crippen molar-refractivity contribution in [2.24, 2.45) is 0 Å². The zero-order valence-electron chi connectivity index (χ0n) is 11.5. The summed E-state index contributed by atoms with van der Waals surface area (Å²) >= 11 is 13.8. The summed E-state index contributed by atoms with van der Waals surface area (Å²) < 4.78 is 2.23. The van der Waals surface area contributed by atoms with Crippen LogP contribution in [0.15, 0.2) is 47.6 Å². The van der Waals surface area contributed by atoms with Crippen LogP contribution in [0.5, 0.6) is 0 Å².